The zero-order valence-corrected chi connectivity index (χ0v) is 12.3. The Labute approximate surface area is 128 Å². The molecule has 1 aliphatic rings. The van der Waals surface area contributed by atoms with Gasteiger partial charge in [0.05, 0.1) is 0 Å². The Morgan fingerprint density at radius 1 is 1.18 bits per heavy atom. The molecule has 9 heteroatoms. The van der Waals surface area contributed by atoms with E-state index in [9.17, 15) is 13.2 Å². The van der Waals surface area contributed by atoms with Gasteiger partial charge >= 0.3 is 6.18 Å². The Bertz CT molecular complexity index is 612. The minimum atomic E-state index is -4.45. The van der Waals surface area contributed by atoms with Gasteiger partial charge in [-0.15, -0.1) is 0 Å². The van der Waals surface area contributed by atoms with Gasteiger partial charge in [-0.05, 0) is 6.07 Å². The van der Waals surface area contributed by atoms with Crippen molar-refractivity contribution in [2.24, 2.45) is 0 Å². The maximum absolute atomic E-state index is 12.7. The third-order valence-electron chi connectivity index (χ3n) is 3.34. The zero-order chi connectivity index (χ0) is 15.6. The molecule has 0 radical (unpaired) electrons. The molecule has 0 atom stereocenters. The molecule has 2 aromatic rings. The number of hydrogen-bond donors (Lipinski definition) is 0. The van der Waals surface area contributed by atoms with Crippen molar-refractivity contribution in [3.63, 3.8) is 0 Å². The van der Waals surface area contributed by atoms with Gasteiger partial charge in [0.15, 0.2) is 0 Å². The van der Waals surface area contributed by atoms with E-state index < -0.39 is 11.9 Å². The Kier molecular flexibility index (Phi) is 4.14. The van der Waals surface area contributed by atoms with Crippen LogP contribution in [-0.2, 0) is 6.18 Å². The first kappa shape index (κ1) is 15.0. The predicted molar refractivity (Wildman–Crippen MR) is 75.0 cm³/mol. The summed E-state index contributed by atoms with van der Waals surface area (Å²) in [5.41, 5.74) is -0.918. The molecule has 1 fully saturated rings. The SMILES string of the molecule is FC(F)(F)c1ccnc(N2CCC(Oc3nccs3)CC2)n1. The van der Waals surface area contributed by atoms with Crippen LogP contribution in [0.4, 0.5) is 19.1 Å². The highest BCUT2D eigenvalue weighted by molar-refractivity contribution is 7.11. The first-order valence-corrected chi connectivity index (χ1v) is 7.61. The minimum absolute atomic E-state index is 0.0215. The second kappa shape index (κ2) is 6.07. The highest BCUT2D eigenvalue weighted by Gasteiger charge is 2.33. The lowest BCUT2D eigenvalue weighted by molar-refractivity contribution is -0.141. The van der Waals surface area contributed by atoms with Crippen molar-refractivity contribution in [2.75, 3.05) is 18.0 Å². The number of anilines is 1. The van der Waals surface area contributed by atoms with Gasteiger partial charge in [0, 0.05) is 43.7 Å². The molecule has 118 valence electrons. The molecule has 0 spiro atoms. The van der Waals surface area contributed by atoms with E-state index in [1.807, 2.05) is 5.38 Å². The standard InChI is InChI=1S/C13H13F3N4OS/c14-13(15,16)10-1-4-17-11(19-10)20-6-2-9(3-7-20)21-12-18-5-8-22-12/h1,4-5,8-9H,2-3,6-7H2. The van der Waals surface area contributed by atoms with Gasteiger partial charge in [0.2, 0.25) is 5.95 Å². The van der Waals surface area contributed by atoms with Gasteiger partial charge in [-0.1, -0.05) is 11.3 Å². The first-order chi connectivity index (χ1) is 10.5. The van der Waals surface area contributed by atoms with E-state index in [0.29, 0.717) is 31.1 Å². The summed E-state index contributed by atoms with van der Waals surface area (Å²) in [6.45, 7) is 1.11. The molecular formula is C13H13F3N4OS. The van der Waals surface area contributed by atoms with Crippen LogP contribution in [0.5, 0.6) is 5.19 Å². The van der Waals surface area contributed by atoms with E-state index in [1.54, 1.807) is 11.1 Å². The topological polar surface area (TPSA) is 51.1 Å². The molecule has 0 unspecified atom stereocenters. The molecule has 1 saturated heterocycles. The first-order valence-electron chi connectivity index (χ1n) is 6.74. The molecule has 0 aliphatic carbocycles. The fourth-order valence-electron chi connectivity index (χ4n) is 2.24. The lowest BCUT2D eigenvalue weighted by Gasteiger charge is -2.31. The maximum atomic E-state index is 12.7. The molecule has 3 heterocycles. The summed E-state index contributed by atoms with van der Waals surface area (Å²) in [5, 5.41) is 2.45. The second-order valence-corrected chi connectivity index (χ2v) is 5.70. The average molecular weight is 330 g/mol. The zero-order valence-electron chi connectivity index (χ0n) is 11.5. The van der Waals surface area contributed by atoms with E-state index in [1.165, 1.54) is 11.3 Å². The van der Waals surface area contributed by atoms with Crippen LogP contribution in [0.2, 0.25) is 0 Å². The van der Waals surface area contributed by atoms with Gasteiger partial charge in [0.1, 0.15) is 11.8 Å². The molecule has 3 rings (SSSR count). The smallest absolute Gasteiger partial charge is 0.433 e. The third kappa shape index (κ3) is 3.46. The van der Waals surface area contributed by atoms with Gasteiger partial charge in [0.25, 0.3) is 5.19 Å². The highest BCUT2D eigenvalue weighted by Crippen LogP contribution is 2.29. The Morgan fingerprint density at radius 3 is 2.59 bits per heavy atom. The monoisotopic (exact) mass is 330 g/mol. The molecule has 5 nitrogen and oxygen atoms in total. The van der Waals surface area contributed by atoms with Crippen LogP contribution in [0.15, 0.2) is 23.8 Å². The Balaban J connectivity index is 1.61. The summed E-state index contributed by atoms with van der Waals surface area (Å²) < 4.78 is 43.7. The maximum Gasteiger partial charge on any atom is 0.433 e. The van der Waals surface area contributed by atoms with Crippen LogP contribution in [-0.4, -0.2) is 34.1 Å². The Hall–Kier alpha value is -1.90. The quantitative estimate of drug-likeness (QED) is 0.866. The normalized spacial score (nSPS) is 16.8. The summed E-state index contributed by atoms with van der Waals surface area (Å²) in [6.07, 6.45) is -0.231. The number of halogens is 3. The van der Waals surface area contributed by atoms with E-state index in [0.717, 1.165) is 12.3 Å². The molecule has 0 N–H and O–H groups in total. The van der Waals surface area contributed by atoms with E-state index in [4.69, 9.17) is 4.74 Å². The summed E-state index contributed by atoms with van der Waals surface area (Å²) in [6, 6.07) is 0.877. The van der Waals surface area contributed by atoms with E-state index in [2.05, 4.69) is 15.0 Å². The van der Waals surface area contributed by atoms with Crippen LogP contribution in [0.3, 0.4) is 0 Å². The van der Waals surface area contributed by atoms with Crippen molar-refractivity contribution in [1.82, 2.24) is 15.0 Å². The summed E-state index contributed by atoms with van der Waals surface area (Å²) in [4.78, 5) is 13.4. The lowest BCUT2D eigenvalue weighted by atomic mass is 10.1. The number of piperidine rings is 1. The van der Waals surface area contributed by atoms with Crippen molar-refractivity contribution in [2.45, 2.75) is 25.1 Å². The molecular weight excluding hydrogens is 317 g/mol. The van der Waals surface area contributed by atoms with Crippen LogP contribution in [0.25, 0.3) is 0 Å². The fourth-order valence-corrected chi connectivity index (χ4v) is 2.79. The van der Waals surface area contributed by atoms with Gasteiger partial charge < -0.3 is 9.64 Å². The summed E-state index contributed by atoms with van der Waals surface area (Å²) in [5.74, 6) is 0.113. The molecule has 0 amide bonds. The van der Waals surface area contributed by atoms with Crippen LogP contribution < -0.4 is 9.64 Å². The fraction of sp³-hybridized carbons (Fsp3) is 0.462. The Morgan fingerprint density at radius 2 is 1.95 bits per heavy atom. The molecule has 2 aromatic heterocycles. The van der Waals surface area contributed by atoms with Crippen molar-refractivity contribution >= 4 is 17.3 Å². The van der Waals surface area contributed by atoms with E-state index >= 15 is 0 Å². The second-order valence-electron chi connectivity index (χ2n) is 4.84. The number of alkyl halides is 3. The van der Waals surface area contributed by atoms with Crippen LogP contribution in [0.1, 0.15) is 18.5 Å². The van der Waals surface area contributed by atoms with E-state index in [-0.39, 0.29) is 12.1 Å². The molecule has 22 heavy (non-hydrogen) atoms. The van der Waals surface area contributed by atoms with Gasteiger partial charge in [-0.3, -0.25) is 0 Å². The third-order valence-corrected chi connectivity index (χ3v) is 4.00. The number of ether oxygens (including phenoxy) is 1. The van der Waals surface area contributed by atoms with Crippen LogP contribution >= 0.6 is 11.3 Å². The predicted octanol–water partition coefficient (Wildman–Crippen LogP) is 3.00. The molecule has 0 aromatic carbocycles. The van der Waals surface area contributed by atoms with Gasteiger partial charge in [-0.25, -0.2) is 15.0 Å². The summed E-state index contributed by atoms with van der Waals surface area (Å²) >= 11 is 1.42. The number of thiazole rings is 1. The number of rotatable bonds is 3. The summed E-state index contributed by atoms with van der Waals surface area (Å²) in [7, 11) is 0. The highest BCUT2D eigenvalue weighted by atomic mass is 32.1. The van der Waals surface area contributed by atoms with Crippen molar-refractivity contribution in [3.05, 3.63) is 29.5 Å². The van der Waals surface area contributed by atoms with Gasteiger partial charge in [-0.2, -0.15) is 13.2 Å². The lowest BCUT2D eigenvalue weighted by Crippen LogP contribution is -2.39. The largest absolute Gasteiger partial charge is 0.467 e. The van der Waals surface area contributed by atoms with Crippen molar-refractivity contribution in [3.8, 4) is 5.19 Å². The molecule has 1 aliphatic heterocycles. The minimum Gasteiger partial charge on any atom is -0.467 e. The molecule has 0 bridgehead atoms. The number of hydrogen-bond acceptors (Lipinski definition) is 6. The molecule has 0 saturated carbocycles. The average Bonchev–Trinajstić information content (AvgIpc) is 3.00. The number of aromatic nitrogens is 3. The van der Waals surface area contributed by atoms with Crippen molar-refractivity contribution < 1.29 is 17.9 Å². The van der Waals surface area contributed by atoms with Crippen molar-refractivity contribution in [1.29, 1.82) is 0 Å². The number of nitrogens with zero attached hydrogens (tertiary/aromatic N) is 4. The van der Waals surface area contributed by atoms with Crippen LogP contribution in [0, 0.1) is 0 Å².